The standard InChI is InChI=1S/C26H26Cl2N4O3S/c1-2-35-17-16-29-26(31-36(33,34)23-14-12-22(28)13-15-23)32-18-24(19-6-4-3-5-7-19)25(30-32)20-8-10-21(27)11-9-20/h3-15,24H,2,16-18H2,1H3,(H,29,31). The lowest BCUT2D eigenvalue weighted by Crippen LogP contribution is -2.41. The number of ether oxygens (including phenoxy) is 1. The van der Waals surface area contributed by atoms with Crippen molar-refractivity contribution < 1.29 is 13.2 Å². The Morgan fingerprint density at radius 1 is 1.03 bits per heavy atom. The summed E-state index contributed by atoms with van der Waals surface area (Å²) in [6.07, 6.45) is 0. The lowest BCUT2D eigenvalue weighted by molar-refractivity contribution is 0.155. The van der Waals surface area contributed by atoms with Crippen LogP contribution in [0.4, 0.5) is 0 Å². The Morgan fingerprint density at radius 3 is 2.31 bits per heavy atom. The van der Waals surface area contributed by atoms with Crippen LogP contribution in [0.15, 0.2) is 93.9 Å². The van der Waals surface area contributed by atoms with E-state index in [4.69, 9.17) is 33.0 Å². The number of rotatable bonds is 8. The summed E-state index contributed by atoms with van der Waals surface area (Å²) in [7, 11) is -3.93. The molecule has 0 aliphatic carbocycles. The summed E-state index contributed by atoms with van der Waals surface area (Å²) in [5.41, 5.74) is 2.74. The molecule has 1 aliphatic rings. The van der Waals surface area contributed by atoms with Gasteiger partial charge < -0.3 is 4.74 Å². The first-order chi connectivity index (χ1) is 17.4. The van der Waals surface area contributed by atoms with E-state index in [0.717, 1.165) is 16.8 Å². The minimum atomic E-state index is -3.93. The number of hydrazone groups is 1. The summed E-state index contributed by atoms with van der Waals surface area (Å²) in [5.74, 6) is 0.0130. The van der Waals surface area contributed by atoms with Crippen LogP contribution in [0.3, 0.4) is 0 Å². The molecule has 36 heavy (non-hydrogen) atoms. The summed E-state index contributed by atoms with van der Waals surface area (Å²) in [6, 6.07) is 23.3. The zero-order valence-corrected chi connectivity index (χ0v) is 22.0. The SMILES string of the molecule is CCOCCN=C(NS(=O)(=O)c1ccc(Cl)cc1)N1CC(c2ccccc2)C(c2ccc(Cl)cc2)=N1. The first-order valence-electron chi connectivity index (χ1n) is 11.4. The van der Waals surface area contributed by atoms with Crippen molar-refractivity contribution in [3.63, 3.8) is 0 Å². The van der Waals surface area contributed by atoms with Gasteiger partial charge in [0.25, 0.3) is 10.0 Å². The van der Waals surface area contributed by atoms with Gasteiger partial charge in [-0.2, -0.15) is 5.10 Å². The normalized spacial score (nSPS) is 16.2. The highest BCUT2D eigenvalue weighted by atomic mass is 35.5. The monoisotopic (exact) mass is 544 g/mol. The van der Waals surface area contributed by atoms with Crippen LogP contribution in [0.1, 0.15) is 24.0 Å². The quantitative estimate of drug-likeness (QED) is 0.241. The molecular weight excluding hydrogens is 519 g/mol. The lowest BCUT2D eigenvalue weighted by Gasteiger charge is -2.20. The number of hydrogen-bond acceptors (Lipinski definition) is 5. The van der Waals surface area contributed by atoms with E-state index in [1.807, 2.05) is 61.5 Å². The molecule has 1 N–H and O–H groups in total. The van der Waals surface area contributed by atoms with Crippen LogP contribution in [0.5, 0.6) is 0 Å². The third kappa shape index (κ3) is 6.44. The van der Waals surface area contributed by atoms with Gasteiger partial charge in [0.15, 0.2) is 0 Å². The molecule has 0 saturated carbocycles. The number of nitrogens with zero attached hydrogens (tertiary/aromatic N) is 3. The highest BCUT2D eigenvalue weighted by molar-refractivity contribution is 7.90. The van der Waals surface area contributed by atoms with Crippen LogP contribution in [-0.2, 0) is 14.8 Å². The molecule has 3 aromatic carbocycles. The van der Waals surface area contributed by atoms with Gasteiger partial charge in [-0.15, -0.1) is 0 Å². The van der Waals surface area contributed by atoms with Crippen molar-refractivity contribution in [2.75, 3.05) is 26.3 Å². The fraction of sp³-hybridized carbons (Fsp3) is 0.231. The van der Waals surface area contributed by atoms with Gasteiger partial charge in [0, 0.05) is 22.6 Å². The number of guanidine groups is 1. The zero-order valence-electron chi connectivity index (χ0n) is 19.6. The molecule has 1 atom stereocenters. The average molecular weight is 545 g/mol. The second-order valence-corrected chi connectivity index (χ2v) is 10.6. The van der Waals surface area contributed by atoms with E-state index in [0.29, 0.717) is 29.8 Å². The average Bonchev–Trinajstić information content (AvgIpc) is 3.32. The van der Waals surface area contributed by atoms with Crippen molar-refractivity contribution in [3.8, 4) is 0 Å². The predicted molar refractivity (Wildman–Crippen MR) is 144 cm³/mol. The van der Waals surface area contributed by atoms with E-state index >= 15 is 0 Å². The molecular formula is C26H26Cl2N4O3S. The number of halogens is 2. The third-order valence-corrected chi connectivity index (χ3v) is 7.40. The van der Waals surface area contributed by atoms with Crippen molar-refractivity contribution >= 4 is 44.9 Å². The van der Waals surface area contributed by atoms with E-state index < -0.39 is 10.0 Å². The highest BCUT2D eigenvalue weighted by Gasteiger charge is 2.33. The van der Waals surface area contributed by atoms with Crippen molar-refractivity contribution in [1.29, 1.82) is 0 Å². The van der Waals surface area contributed by atoms with E-state index in [1.165, 1.54) is 24.3 Å². The number of hydrogen-bond donors (Lipinski definition) is 1. The molecule has 0 amide bonds. The molecule has 1 unspecified atom stereocenters. The van der Waals surface area contributed by atoms with Gasteiger partial charge in [-0.25, -0.2) is 23.1 Å². The van der Waals surface area contributed by atoms with Crippen LogP contribution in [0, 0.1) is 0 Å². The van der Waals surface area contributed by atoms with Gasteiger partial charge in [0.1, 0.15) is 0 Å². The Kier molecular flexibility index (Phi) is 8.64. The van der Waals surface area contributed by atoms with E-state index in [-0.39, 0.29) is 23.3 Å². The Balaban J connectivity index is 1.70. The molecule has 0 saturated heterocycles. The Bertz CT molecular complexity index is 1330. The molecule has 0 spiro atoms. The number of sulfonamides is 1. The highest BCUT2D eigenvalue weighted by Crippen LogP contribution is 2.29. The van der Waals surface area contributed by atoms with Crippen LogP contribution in [-0.4, -0.2) is 51.4 Å². The van der Waals surface area contributed by atoms with E-state index in [9.17, 15) is 8.42 Å². The van der Waals surface area contributed by atoms with Gasteiger partial charge in [-0.05, 0) is 54.4 Å². The number of aliphatic imine (C=N–C) groups is 1. The lowest BCUT2D eigenvalue weighted by atomic mass is 9.91. The maximum absolute atomic E-state index is 13.2. The molecule has 0 bridgehead atoms. The van der Waals surface area contributed by atoms with Gasteiger partial charge in [-0.1, -0.05) is 65.7 Å². The molecule has 0 aromatic heterocycles. The maximum atomic E-state index is 13.2. The fourth-order valence-corrected chi connectivity index (χ4v) is 5.06. The number of benzene rings is 3. The van der Waals surface area contributed by atoms with Crippen molar-refractivity contribution in [1.82, 2.24) is 9.73 Å². The summed E-state index contributed by atoms with van der Waals surface area (Å²) in [4.78, 5) is 4.59. The van der Waals surface area contributed by atoms with Crippen LogP contribution in [0.25, 0.3) is 0 Å². The molecule has 0 radical (unpaired) electrons. The number of nitrogens with one attached hydrogen (secondary N) is 1. The summed E-state index contributed by atoms with van der Waals surface area (Å²) >= 11 is 12.0. The van der Waals surface area contributed by atoms with E-state index in [1.54, 1.807) is 5.01 Å². The summed E-state index contributed by atoms with van der Waals surface area (Å²) < 4.78 is 34.4. The molecule has 3 aromatic rings. The first kappa shape index (κ1) is 26.2. The van der Waals surface area contributed by atoms with Crippen LogP contribution < -0.4 is 4.72 Å². The minimum absolute atomic E-state index is 0.0742. The van der Waals surface area contributed by atoms with Gasteiger partial charge in [0.05, 0.1) is 30.3 Å². The topological polar surface area (TPSA) is 83.4 Å². The van der Waals surface area contributed by atoms with Gasteiger partial charge >= 0.3 is 0 Å². The largest absolute Gasteiger partial charge is 0.380 e. The summed E-state index contributed by atoms with van der Waals surface area (Å²) in [5, 5.41) is 7.49. The van der Waals surface area contributed by atoms with E-state index in [2.05, 4.69) is 9.71 Å². The van der Waals surface area contributed by atoms with Gasteiger partial charge in [-0.3, -0.25) is 0 Å². The minimum Gasteiger partial charge on any atom is -0.380 e. The smallest absolute Gasteiger partial charge is 0.264 e. The van der Waals surface area contributed by atoms with Crippen LogP contribution >= 0.6 is 23.2 Å². The third-order valence-electron chi connectivity index (χ3n) is 5.55. The Hall–Kier alpha value is -2.91. The Labute approximate surface area is 221 Å². The second-order valence-electron chi connectivity index (χ2n) is 8.00. The molecule has 4 rings (SSSR count). The van der Waals surface area contributed by atoms with Crippen molar-refractivity contribution in [3.05, 3.63) is 100 Å². The molecule has 0 fully saturated rings. The van der Waals surface area contributed by atoms with Crippen LogP contribution in [0.2, 0.25) is 10.0 Å². The molecule has 10 heteroatoms. The molecule has 1 heterocycles. The molecule has 188 valence electrons. The zero-order chi connectivity index (χ0) is 25.5. The van der Waals surface area contributed by atoms with Gasteiger partial charge in [0.2, 0.25) is 5.96 Å². The maximum Gasteiger partial charge on any atom is 0.264 e. The fourth-order valence-electron chi connectivity index (χ4n) is 3.78. The molecule has 7 nitrogen and oxygen atoms in total. The first-order valence-corrected chi connectivity index (χ1v) is 13.7. The Morgan fingerprint density at radius 2 is 1.67 bits per heavy atom. The van der Waals surface area contributed by atoms with Crippen molar-refractivity contribution in [2.24, 2.45) is 10.1 Å². The molecule has 1 aliphatic heterocycles. The second kappa shape index (κ2) is 11.9. The van der Waals surface area contributed by atoms with Crippen molar-refractivity contribution in [2.45, 2.75) is 17.7 Å². The summed E-state index contributed by atoms with van der Waals surface area (Å²) in [6.45, 7) is 3.46. The predicted octanol–water partition coefficient (Wildman–Crippen LogP) is 5.17.